The van der Waals surface area contributed by atoms with Crippen molar-refractivity contribution < 1.29 is 4.74 Å². The van der Waals surface area contributed by atoms with Crippen molar-refractivity contribution in [3.05, 3.63) is 47.3 Å². The number of aryl methyl sites for hydroxylation is 3. The zero-order valence-corrected chi connectivity index (χ0v) is 9.90. The topological polar surface area (TPSA) is 27.1 Å². The van der Waals surface area contributed by atoms with Gasteiger partial charge in [0, 0.05) is 7.05 Å². The SMILES string of the molecule is Cc1cc(COc2ccccc2C)n(C)n1. The maximum absolute atomic E-state index is 5.76. The second-order valence-corrected chi connectivity index (χ2v) is 3.95. The summed E-state index contributed by atoms with van der Waals surface area (Å²) in [7, 11) is 1.93. The first-order valence-electron chi connectivity index (χ1n) is 5.35. The van der Waals surface area contributed by atoms with Crippen LogP contribution in [-0.2, 0) is 13.7 Å². The molecule has 2 aromatic rings. The molecule has 0 N–H and O–H groups in total. The van der Waals surface area contributed by atoms with Crippen LogP contribution < -0.4 is 4.74 Å². The van der Waals surface area contributed by atoms with E-state index in [0.717, 1.165) is 22.7 Å². The van der Waals surface area contributed by atoms with Gasteiger partial charge in [-0.3, -0.25) is 4.68 Å². The van der Waals surface area contributed by atoms with Gasteiger partial charge in [-0.05, 0) is 31.5 Å². The normalized spacial score (nSPS) is 10.4. The predicted molar refractivity (Wildman–Crippen MR) is 63.5 cm³/mol. The summed E-state index contributed by atoms with van der Waals surface area (Å²) in [6.07, 6.45) is 0. The van der Waals surface area contributed by atoms with Crippen molar-refractivity contribution in [3.63, 3.8) is 0 Å². The Morgan fingerprint density at radius 2 is 2.00 bits per heavy atom. The van der Waals surface area contributed by atoms with Gasteiger partial charge in [0.15, 0.2) is 0 Å². The molecule has 0 saturated heterocycles. The number of ether oxygens (including phenoxy) is 1. The highest BCUT2D eigenvalue weighted by Gasteiger charge is 2.03. The maximum atomic E-state index is 5.76. The van der Waals surface area contributed by atoms with Crippen LogP contribution in [0.15, 0.2) is 30.3 Å². The van der Waals surface area contributed by atoms with Crippen LogP contribution in [0.4, 0.5) is 0 Å². The van der Waals surface area contributed by atoms with Crippen LogP contribution in [0.2, 0.25) is 0 Å². The van der Waals surface area contributed by atoms with Crippen molar-refractivity contribution in [2.75, 3.05) is 0 Å². The van der Waals surface area contributed by atoms with E-state index in [-0.39, 0.29) is 0 Å². The fourth-order valence-electron chi connectivity index (χ4n) is 1.67. The highest BCUT2D eigenvalue weighted by Crippen LogP contribution is 2.17. The Balaban J connectivity index is 2.08. The van der Waals surface area contributed by atoms with Crippen LogP contribution >= 0.6 is 0 Å². The number of benzene rings is 1. The molecular formula is C13H16N2O. The van der Waals surface area contributed by atoms with Crippen LogP contribution in [0, 0.1) is 13.8 Å². The van der Waals surface area contributed by atoms with Crippen LogP contribution in [0.1, 0.15) is 17.0 Å². The average molecular weight is 216 g/mol. The molecule has 1 heterocycles. The quantitative estimate of drug-likeness (QED) is 0.788. The first-order valence-corrected chi connectivity index (χ1v) is 5.35. The molecule has 0 amide bonds. The zero-order valence-electron chi connectivity index (χ0n) is 9.90. The van der Waals surface area contributed by atoms with Crippen molar-refractivity contribution >= 4 is 0 Å². The van der Waals surface area contributed by atoms with E-state index >= 15 is 0 Å². The van der Waals surface area contributed by atoms with Crippen molar-refractivity contribution in [3.8, 4) is 5.75 Å². The molecule has 0 saturated carbocycles. The third-order valence-electron chi connectivity index (χ3n) is 2.57. The molecule has 0 aliphatic carbocycles. The van der Waals surface area contributed by atoms with Gasteiger partial charge in [-0.1, -0.05) is 18.2 Å². The summed E-state index contributed by atoms with van der Waals surface area (Å²) in [6.45, 7) is 4.59. The monoisotopic (exact) mass is 216 g/mol. The lowest BCUT2D eigenvalue weighted by atomic mass is 10.2. The Morgan fingerprint density at radius 1 is 1.25 bits per heavy atom. The van der Waals surface area contributed by atoms with Gasteiger partial charge in [0.2, 0.25) is 0 Å². The Hall–Kier alpha value is -1.77. The molecule has 0 bridgehead atoms. The molecule has 84 valence electrons. The van der Waals surface area contributed by atoms with Gasteiger partial charge in [-0.25, -0.2) is 0 Å². The van der Waals surface area contributed by atoms with Gasteiger partial charge in [-0.15, -0.1) is 0 Å². The number of hydrogen-bond donors (Lipinski definition) is 0. The summed E-state index contributed by atoms with van der Waals surface area (Å²) < 4.78 is 7.61. The Kier molecular flexibility index (Phi) is 2.95. The van der Waals surface area contributed by atoms with Gasteiger partial charge in [-0.2, -0.15) is 5.10 Å². The minimum atomic E-state index is 0.558. The summed E-state index contributed by atoms with van der Waals surface area (Å²) >= 11 is 0. The van der Waals surface area contributed by atoms with Crippen LogP contribution in [-0.4, -0.2) is 9.78 Å². The van der Waals surface area contributed by atoms with E-state index in [1.54, 1.807) is 0 Å². The molecule has 1 aromatic carbocycles. The molecule has 0 spiro atoms. The number of para-hydroxylation sites is 1. The molecule has 3 heteroatoms. The summed E-state index contributed by atoms with van der Waals surface area (Å²) in [4.78, 5) is 0. The molecule has 0 unspecified atom stereocenters. The van der Waals surface area contributed by atoms with Crippen molar-refractivity contribution in [2.24, 2.45) is 7.05 Å². The highest BCUT2D eigenvalue weighted by atomic mass is 16.5. The molecule has 1 aromatic heterocycles. The van der Waals surface area contributed by atoms with Crippen molar-refractivity contribution in [2.45, 2.75) is 20.5 Å². The second-order valence-electron chi connectivity index (χ2n) is 3.95. The second kappa shape index (κ2) is 4.39. The van der Waals surface area contributed by atoms with E-state index in [0.29, 0.717) is 6.61 Å². The number of rotatable bonds is 3. The van der Waals surface area contributed by atoms with Gasteiger partial charge < -0.3 is 4.74 Å². The van der Waals surface area contributed by atoms with Gasteiger partial charge >= 0.3 is 0 Å². The number of nitrogens with zero attached hydrogens (tertiary/aromatic N) is 2. The predicted octanol–water partition coefficient (Wildman–Crippen LogP) is 2.62. The van der Waals surface area contributed by atoms with Crippen LogP contribution in [0.25, 0.3) is 0 Å². The Labute approximate surface area is 95.7 Å². The molecule has 2 rings (SSSR count). The molecule has 0 radical (unpaired) electrons. The van der Waals surface area contributed by atoms with E-state index in [4.69, 9.17) is 4.74 Å². The summed E-state index contributed by atoms with van der Waals surface area (Å²) in [5, 5.41) is 4.28. The van der Waals surface area contributed by atoms with Crippen LogP contribution in [0.5, 0.6) is 5.75 Å². The van der Waals surface area contributed by atoms with E-state index in [1.165, 1.54) is 0 Å². The lowest BCUT2D eigenvalue weighted by Crippen LogP contribution is -2.03. The number of aromatic nitrogens is 2. The highest BCUT2D eigenvalue weighted by molar-refractivity contribution is 5.31. The Bertz CT molecular complexity index is 488. The number of hydrogen-bond acceptors (Lipinski definition) is 2. The lowest BCUT2D eigenvalue weighted by molar-refractivity contribution is 0.293. The van der Waals surface area contributed by atoms with Gasteiger partial charge in [0.05, 0.1) is 11.4 Å². The van der Waals surface area contributed by atoms with E-state index < -0.39 is 0 Å². The van der Waals surface area contributed by atoms with Crippen LogP contribution in [0.3, 0.4) is 0 Å². The lowest BCUT2D eigenvalue weighted by Gasteiger charge is -2.08. The summed E-state index contributed by atoms with van der Waals surface area (Å²) in [5.41, 5.74) is 3.26. The van der Waals surface area contributed by atoms with Crippen molar-refractivity contribution in [1.82, 2.24) is 9.78 Å². The van der Waals surface area contributed by atoms with Gasteiger partial charge in [0.25, 0.3) is 0 Å². The van der Waals surface area contributed by atoms with Crippen molar-refractivity contribution in [1.29, 1.82) is 0 Å². The van der Waals surface area contributed by atoms with E-state index in [9.17, 15) is 0 Å². The van der Waals surface area contributed by atoms with E-state index in [1.807, 2.05) is 55.9 Å². The third kappa shape index (κ3) is 2.24. The summed E-state index contributed by atoms with van der Waals surface area (Å²) in [6, 6.07) is 10.1. The minimum Gasteiger partial charge on any atom is -0.487 e. The van der Waals surface area contributed by atoms with E-state index in [2.05, 4.69) is 5.10 Å². The molecule has 0 fully saturated rings. The van der Waals surface area contributed by atoms with Gasteiger partial charge in [0.1, 0.15) is 12.4 Å². The molecule has 16 heavy (non-hydrogen) atoms. The fourth-order valence-corrected chi connectivity index (χ4v) is 1.67. The standard InChI is InChI=1S/C13H16N2O/c1-10-6-4-5-7-13(10)16-9-12-8-11(2)14-15(12)3/h4-8H,9H2,1-3H3. The molecule has 0 aliphatic heterocycles. The molecule has 3 nitrogen and oxygen atoms in total. The Morgan fingerprint density at radius 3 is 2.62 bits per heavy atom. The minimum absolute atomic E-state index is 0.558. The average Bonchev–Trinajstić information content (AvgIpc) is 2.56. The fraction of sp³-hybridized carbons (Fsp3) is 0.308. The molecule has 0 aliphatic rings. The molecular weight excluding hydrogens is 200 g/mol. The zero-order chi connectivity index (χ0) is 11.5. The smallest absolute Gasteiger partial charge is 0.130 e. The first kappa shape index (κ1) is 10.7. The largest absolute Gasteiger partial charge is 0.487 e. The maximum Gasteiger partial charge on any atom is 0.130 e. The molecule has 0 atom stereocenters. The summed E-state index contributed by atoms with van der Waals surface area (Å²) in [5.74, 6) is 0.932. The first-order chi connectivity index (χ1) is 7.66. The third-order valence-corrected chi connectivity index (χ3v) is 2.57.